The van der Waals surface area contributed by atoms with Crippen LogP contribution >= 0.6 is 7.60 Å². The Balaban J connectivity index is 3.47. The van der Waals surface area contributed by atoms with Crippen LogP contribution < -0.4 is 0 Å². The fraction of sp³-hybridized carbons (Fsp3) is 0.667. The van der Waals surface area contributed by atoms with Crippen LogP contribution in [-0.4, -0.2) is 17.7 Å². The van der Waals surface area contributed by atoms with Gasteiger partial charge in [0, 0.05) is 6.16 Å². The zero-order valence-corrected chi connectivity index (χ0v) is 7.01. The van der Waals surface area contributed by atoms with Gasteiger partial charge in [-0.2, -0.15) is 0 Å². The molecule has 1 atom stereocenters. The SMILES string of the molecule is C=CCCOP(=O)(O)CC. The normalized spacial score (nSPS) is 16.2. The first-order chi connectivity index (χ1) is 4.62. The van der Waals surface area contributed by atoms with Gasteiger partial charge in [0.15, 0.2) is 0 Å². The molecule has 0 aliphatic rings. The molecule has 0 aliphatic heterocycles. The van der Waals surface area contributed by atoms with Crippen LogP contribution in [-0.2, 0) is 9.09 Å². The molecule has 0 radical (unpaired) electrons. The van der Waals surface area contributed by atoms with Crippen LogP contribution in [0.15, 0.2) is 12.7 Å². The Morgan fingerprint density at radius 3 is 2.80 bits per heavy atom. The molecule has 0 aliphatic carbocycles. The molecule has 0 aromatic heterocycles. The summed E-state index contributed by atoms with van der Waals surface area (Å²) in [6.45, 7) is 5.36. The maximum absolute atomic E-state index is 10.8. The minimum Gasteiger partial charge on any atom is -0.324 e. The van der Waals surface area contributed by atoms with Crippen LogP contribution in [0.2, 0.25) is 0 Å². The highest BCUT2D eigenvalue weighted by molar-refractivity contribution is 7.52. The van der Waals surface area contributed by atoms with E-state index in [0.29, 0.717) is 6.42 Å². The van der Waals surface area contributed by atoms with E-state index in [-0.39, 0.29) is 12.8 Å². The molecule has 10 heavy (non-hydrogen) atoms. The second kappa shape index (κ2) is 4.67. The Hall–Kier alpha value is -0.110. The molecule has 1 unspecified atom stereocenters. The summed E-state index contributed by atoms with van der Waals surface area (Å²) in [5, 5.41) is 0. The van der Waals surface area contributed by atoms with E-state index in [1.54, 1.807) is 13.0 Å². The van der Waals surface area contributed by atoms with Crippen molar-refractivity contribution in [3.8, 4) is 0 Å². The van der Waals surface area contributed by atoms with Gasteiger partial charge >= 0.3 is 7.60 Å². The minimum absolute atomic E-state index is 0.171. The maximum atomic E-state index is 10.8. The standard InChI is InChI=1S/C6H13O3P/c1-3-5-6-9-10(7,8)4-2/h3H,1,4-6H2,2H3,(H,7,8). The monoisotopic (exact) mass is 164 g/mol. The highest BCUT2D eigenvalue weighted by Gasteiger charge is 2.13. The lowest BCUT2D eigenvalue weighted by molar-refractivity contribution is 0.265. The molecule has 0 bridgehead atoms. The van der Waals surface area contributed by atoms with Crippen LogP contribution in [0.5, 0.6) is 0 Å². The number of hydrogen-bond acceptors (Lipinski definition) is 2. The van der Waals surface area contributed by atoms with Gasteiger partial charge < -0.3 is 9.42 Å². The van der Waals surface area contributed by atoms with Crippen LogP contribution in [0.4, 0.5) is 0 Å². The Morgan fingerprint density at radius 1 is 1.80 bits per heavy atom. The summed E-state index contributed by atoms with van der Waals surface area (Å²) in [7, 11) is -3.25. The highest BCUT2D eigenvalue weighted by atomic mass is 31.2. The molecule has 0 rings (SSSR count). The molecule has 0 spiro atoms. The van der Waals surface area contributed by atoms with Crippen molar-refractivity contribution in [1.29, 1.82) is 0 Å². The largest absolute Gasteiger partial charge is 0.327 e. The smallest absolute Gasteiger partial charge is 0.324 e. The van der Waals surface area contributed by atoms with Crippen molar-refractivity contribution in [2.75, 3.05) is 12.8 Å². The molecule has 0 fully saturated rings. The van der Waals surface area contributed by atoms with Gasteiger partial charge in [0.2, 0.25) is 0 Å². The molecular weight excluding hydrogens is 151 g/mol. The fourth-order valence-electron chi connectivity index (χ4n) is 0.370. The minimum atomic E-state index is -3.25. The molecule has 1 N–H and O–H groups in total. The van der Waals surface area contributed by atoms with Gasteiger partial charge in [-0.3, -0.25) is 4.57 Å². The third-order valence-corrected chi connectivity index (χ3v) is 2.40. The van der Waals surface area contributed by atoms with E-state index in [0.717, 1.165) is 0 Å². The van der Waals surface area contributed by atoms with E-state index < -0.39 is 7.60 Å². The zero-order chi connectivity index (χ0) is 8.04. The van der Waals surface area contributed by atoms with Crippen LogP contribution in [0.1, 0.15) is 13.3 Å². The van der Waals surface area contributed by atoms with E-state index >= 15 is 0 Å². The third kappa shape index (κ3) is 4.74. The topological polar surface area (TPSA) is 46.5 Å². The Morgan fingerprint density at radius 2 is 2.40 bits per heavy atom. The van der Waals surface area contributed by atoms with E-state index in [9.17, 15) is 4.57 Å². The first-order valence-electron chi connectivity index (χ1n) is 3.19. The van der Waals surface area contributed by atoms with Crippen LogP contribution in [0.3, 0.4) is 0 Å². The summed E-state index contributed by atoms with van der Waals surface area (Å²) in [5.41, 5.74) is 0. The highest BCUT2D eigenvalue weighted by Crippen LogP contribution is 2.40. The average molecular weight is 164 g/mol. The summed E-state index contributed by atoms with van der Waals surface area (Å²) in [5.74, 6) is 0. The summed E-state index contributed by atoms with van der Waals surface area (Å²) in [6, 6.07) is 0. The van der Waals surface area contributed by atoms with Gasteiger partial charge in [-0.25, -0.2) is 0 Å². The fourth-order valence-corrected chi connectivity index (χ4v) is 0.943. The van der Waals surface area contributed by atoms with Gasteiger partial charge in [-0.1, -0.05) is 13.0 Å². The first kappa shape index (κ1) is 9.89. The molecule has 0 aromatic rings. The quantitative estimate of drug-likeness (QED) is 0.382. The maximum Gasteiger partial charge on any atom is 0.327 e. The van der Waals surface area contributed by atoms with Gasteiger partial charge in [0.05, 0.1) is 6.61 Å². The summed E-state index contributed by atoms with van der Waals surface area (Å²) < 4.78 is 15.4. The van der Waals surface area contributed by atoms with Gasteiger partial charge in [0.1, 0.15) is 0 Å². The van der Waals surface area contributed by atoms with E-state index in [2.05, 4.69) is 11.1 Å². The van der Waals surface area contributed by atoms with Crippen molar-refractivity contribution in [3.63, 3.8) is 0 Å². The van der Waals surface area contributed by atoms with Gasteiger partial charge in [-0.15, -0.1) is 6.58 Å². The first-order valence-corrected chi connectivity index (χ1v) is 4.96. The predicted octanol–water partition coefficient (Wildman–Crippen LogP) is 1.78. The number of hydrogen-bond donors (Lipinski definition) is 1. The van der Waals surface area contributed by atoms with E-state index in [4.69, 9.17) is 4.89 Å². The lowest BCUT2D eigenvalue weighted by Crippen LogP contribution is -1.92. The lowest BCUT2D eigenvalue weighted by Gasteiger charge is -2.07. The summed E-state index contributed by atoms with van der Waals surface area (Å²) in [6.07, 6.45) is 2.43. The van der Waals surface area contributed by atoms with Crippen LogP contribution in [0.25, 0.3) is 0 Å². The van der Waals surface area contributed by atoms with E-state index in [1.165, 1.54) is 0 Å². The zero-order valence-electron chi connectivity index (χ0n) is 6.12. The average Bonchev–Trinajstić information content (AvgIpc) is 1.89. The van der Waals surface area contributed by atoms with Crippen molar-refractivity contribution in [3.05, 3.63) is 12.7 Å². The molecule has 60 valence electrons. The molecule has 0 saturated heterocycles. The van der Waals surface area contributed by atoms with Crippen molar-refractivity contribution >= 4 is 7.60 Å². The van der Waals surface area contributed by atoms with Crippen LogP contribution in [0, 0.1) is 0 Å². The Labute approximate surface area is 61.2 Å². The molecule has 0 saturated carbocycles. The number of rotatable bonds is 5. The Bertz CT molecular complexity index is 144. The molecule has 4 heteroatoms. The predicted molar refractivity (Wildman–Crippen MR) is 41.1 cm³/mol. The Kier molecular flexibility index (Phi) is 4.62. The molecular formula is C6H13O3P. The van der Waals surface area contributed by atoms with Crippen molar-refractivity contribution in [2.45, 2.75) is 13.3 Å². The van der Waals surface area contributed by atoms with E-state index in [1.807, 2.05) is 0 Å². The molecule has 0 amide bonds. The summed E-state index contributed by atoms with van der Waals surface area (Å²) >= 11 is 0. The second-order valence-corrected chi connectivity index (χ2v) is 4.03. The molecule has 3 nitrogen and oxygen atoms in total. The van der Waals surface area contributed by atoms with Crippen molar-refractivity contribution in [2.24, 2.45) is 0 Å². The third-order valence-electron chi connectivity index (χ3n) is 1.01. The summed E-state index contributed by atoms with van der Waals surface area (Å²) in [4.78, 5) is 8.85. The molecule has 0 heterocycles. The van der Waals surface area contributed by atoms with Crippen molar-refractivity contribution in [1.82, 2.24) is 0 Å². The van der Waals surface area contributed by atoms with Gasteiger partial charge in [0.25, 0.3) is 0 Å². The van der Waals surface area contributed by atoms with Crippen molar-refractivity contribution < 1.29 is 14.0 Å². The van der Waals surface area contributed by atoms with Gasteiger partial charge in [-0.05, 0) is 6.42 Å². The molecule has 0 aromatic carbocycles. The second-order valence-electron chi connectivity index (χ2n) is 1.86. The lowest BCUT2D eigenvalue weighted by atomic mass is 10.5.